The highest BCUT2D eigenvalue weighted by Gasteiger charge is 2.36. The Morgan fingerprint density at radius 3 is 2.79 bits per heavy atom. The molecule has 1 fully saturated rings. The Morgan fingerprint density at radius 1 is 1.42 bits per heavy atom. The summed E-state index contributed by atoms with van der Waals surface area (Å²) in [5, 5.41) is 1.06. The maximum atomic E-state index is 12.8. The van der Waals surface area contributed by atoms with Gasteiger partial charge < -0.3 is 0 Å². The molecular formula is C12H14Br2ClNO2S. The molecular weight excluding hydrogens is 417 g/mol. The van der Waals surface area contributed by atoms with Crippen LogP contribution in [0.25, 0.3) is 0 Å². The molecule has 0 N–H and O–H groups in total. The molecule has 1 saturated heterocycles. The zero-order chi connectivity index (χ0) is 14.0. The molecule has 1 aliphatic rings. The fraction of sp³-hybridized carbons (Fsp3) is 0.500. The van der Waals surface area contributed by atoms with E-state index in [1.807, 2.05) is 0 Å². The van der Waals surface area contributed by atoms with Crippen molar-refractivity contribution in [3.63, 3.8) is 0 Å². The monoisotopic (exact) mass is 429 g/mol. The van der Waals surface area contributed by atoms with Crippen LogP contribution in [-0.4, -0.2) is 30.6 Å². The molecule has 106 valence electrons. The van der Waals surface area contributed by atoms with Gasteiger partial charge in [0.25, 0.3) is 0 Å². The first-order valence-corrected chi connectivity index (χ1v) is 9.73. The van der Waals surface area contributed by atoms with E-state index < -0.39 is 10.0 Å². The van der Waals surface area contributed by atoms with Gasteiger partial charge in [-0.05, 0) is 47.3 Å². The molecule has 2 rings (SSSR count). The molecule has 7 heteroatoms. The Morgan fingerprint density at radius 2 is 2.16 bits per heavy atom. The van der Waals surface area contributed by atoms with Crippen LogP contribution in [-0.2, 0) is 10.0 Å². The lowest BCUT2D eigenvalue weighted by atomic mass is 10.2. The van der Waals surface area contributed by atoms with Gasteiger partial charge in [0.15, 0.2) is 0 Å². The lowest BCUT2D eigenvalue weighted by Gasteiger charge is -2.24. The van der Waals surface area contributed by atoms with E-state index in [4.69, 9.17) is 11.6 Å². The summed E-state index contributed by atoms with van der Waals surface area (Å²) in [6, 6.07) is 5.10. The van der Waals surface area contributed by atoms with E-state index in [1.54, 1.807) is 22.5 Å². The van der Waals surface area contributed by atoms with Crippen LogP contribution >= 0.6 is 43.5 Å². The molecule has 0 bridgehead atoms. The molecule has 1 aliphatic heterocycles. The van der Waals surface area contributed by atoms with Gasteiger partial charge in [-0.1, -0.05) is 33.6 Å². The fourth-order valence-corrected chi connectivity index (χ4v) is 6.31. The van der Waals surface area contributed by atoms with E-state index in [-0.39, 0.29) is 16.0 Å². The van der Waals surface area contributed by atoms with Crippen molar-refractivity contribution < 1.29 is 8.42 Å². The van der Waals surface area contributed by atoms with Crippen molar-refractivity contribution in [2.45, 2.75) is 30.2 Å². The van der Waals surface area contributed by atoms with Crippen molar-refractivity contribution in [3.05, 3.63) is 27.7 Å². The van der Waals surface area contributed by atoms with E-state index in [9.17, 15) is 8.42 Å². The van der Waals surface area contributed by atoms with Crippen LogP contribution in [0.4, 0.5) is 0 Å². The Kier molecular flexibility index (Phi) is 5.34. The third-order valence-corrected chi connectivity index (χ3v) is 7.11. The first kappa shape index (κ1) is 15.8. The topological polar surface area (TPSA) is 37.4 Å². The standard InChI is InChI=1S/C12H14Br2ClNO2S/c13-7-6-9-3-2-8-16(9)19(17,18)12-10(14)4-1-5-11(12)15/h1,4-5,9H,2-3,6-8H2. The van der Waals surface area contributed by atoms with Crippen molar-refractivity contribution in [3.8, 4) is 0 Å². The number of hydrogen-bond donors (Lipinski definition) is 0. The highest BCUT2D eigenvalue weighted by Crippen LogP contribution is 2.35. The molecule has 0 saturated carbocycles. The van der Waals surface area contributed by atoms with Gasteiger partial charge in [0.2, 0.25) is 10.0 Å². The molecule has 1 aromatic carbocycles. The molecule has 1 aromatic rings. The predicted molar refractivity (Wildman–Crippen MR) is 84.5 cm³/mol. The molecule has 1 atom stereocenters. The quantitative estimate of drug-likeness (QED) is 0.675. The fourth-order valence-electron chi connectivity index (χ4n) is 2.39. The Labute approximate surface area is 135 Å². The third kappa shape index (κ3) is 3.18. The summed E-state index contributed by atoms with van der Waals surface area (Å²) in [4.78, 5) is 0.179. The first-order valence-electron chi connectivity index (χ1n) is 6.00. The zero-order valence-corrected chi connectivity index (χ0v) is 14.9. The van der Waals surface area contributed by atoms with Crippen molar-refractivity contribution in [1.29, 1.82) is 0 Å². The molecule has 3 nitrogen and oxygen atoms in total. The molecule has 1 heterocycles. The summed E-state index contributed by atoms with van der Waals surface area (Å²) < 4.78 is 27.6. The minimum Gasteiger partial charge on any atom is -0.207 e. The number of rotatable bonds is 4. The largest absolute Gasteiger partial charge is 0.245 e. The Balaban J connectivity index is 2.42. The van der Waals surface area contributed by atoms with Crippen LogP contribution in [0.5, 0.6) is 0 Å². The Hall–Kier alpha value is 0.380. The average Bonchev–Trinajstić information content (AvgIpc) is 2.78. The van der Waals surface area contributed by atoms with Gasteiger partial charge in [-0.3, -0.25) is 0 Å². The summed E-state index contributed by atoms with van der Waals surface area (Å²) >= 11 is 12.7. The number of sulfonamides is 1. The lowest BCUT2D eigenvalue weighted by Crippen LogP contribution is -2.36. The first-order chi connectivity index (χ1) is 8.98. The molecule has 0 aromatic heterocycles. The van der Waals surface area contributed by atoms with Crippen LogP contribution in [0.2, 0.25) is 5.02 Å². The van der Waals surface area contributed by atoms with Crippen molar-refractivity contribution >= 4 is 53.5 Å². The summed E-state index contributed by atoms with van der Waals surface area (Å²) in [6.45, 7) is 0.567. The number of nitrogens with zero attached hydrogens (tertiary/aromatic N) is 1. The smallest absolute Gasteiger partial charge is 0.207 e. The highest BCUT2D eigenvalue weighted by molar-refractivity contribution is 9.10. The Bertz CT molecular complexity index is 545. The minimum absolute atomic E-state index is 0.0625. The van der Waals surface area contributed by atoms with Crippen LogP contribution in [0.15, 0.2) is 27.6 Å². The van der Waals surface area contributed by atoms with Gasteiger partial charge >= 0.3 is 0 Å². The second kappa shape index (κ2) is 6.43. The number of benzene rings is 1. The van der Waals surface area contributed by atoms with Gasteiger partial charge in [-0.15, -0.1) is 0 Å². The van der Waals surface area contributed by atoms with Gasteiger partial charge in [-0.25, -0.2) is 8.42 Å². The van der Waals surface area contributed by atoms with E-state index in [0.717, 1.165) is 24.6 Å². The van der Waals surface area contributed by atoms with E-state index in [2.05, 4.69) is 31.9 Å². The molecule has 0 radical (unpaired) electrons. The normalized spacial score (nSPS) is 20.9. The van der Waals surface area contributed by atoms with E-state index in [1.165, 1.54) is 0 Å². The van der Waals surface area contributed by atoms with Gasteiger partial charge in [0.1, 0.15) is 4.90 Å². The molecule has 19 heavy (non-hydrogen) atoms. The summed E-state index contributed by atoms with van der Waals surface area (Å²) in [7, 11) is -3.54. The van der Waals surface area contributed by atoms with E-state index in [0.29, 0.717) is 11.0 Å². The summed E-state index contributed by atoms with van der Waals surface area (Å²) in [5.74, 6) is 0. The SMILES string of the molecule is O=S(=O)(c1c(Cl)cccc1Br)N1CCCC1CCBr. The van der Waals surface area contributed by atoms with Crippen LogP contribution in [0.3, 0.4) is 0 Å². The summed E-state index contributed by atoms with van der Waals surface area (Å²) in [5.41, 5.74) is 0. The second-order valence-electron chi connectivity index (χ2n) is 4.44. The van der Waals surface area contributed by atoms with Gasteiger partial charge in [0, 0.05) is 22.4 Å². The summed E-state index contributed by atoms with van der Waals surface area (Å²) in [6.07, 6.45) is 2.63. The minimum atomic E-state index is -3.54. The lowest BCUT2D eigenvalue weighted by molar-refractivity contribution is 0.381. The number of hydrogen-bond acceptors (Lipinski definition) is 2. The maximum Gasteiger partial charge on any atom is 0.245 e. The van der Waals surface area contributed by atoms with Crippen molar-refractivity contribution in [2.24, 2.45) is 0 Å². The highest BCUT2D eigenvalue weighted by atomic mass is 79.9. The average molecular weight is 432 g/mol. The van der Waals surface area contributed by atoms with Crippen LogP contribution in [0, 0.1) is 0 Å². The molecule has 1 unspecified atom stereocenters. The van der Waals surface area contributed by atoms with Crippen molar-refractivity contribution in [1.82, 2.24) is 4.31 Å². The second-order valence-corrected chi connectivity index (χ2v) is 8.32. The predicted octanol–water partition coefficient (Wildman–Crippen LogP) is 4.04. The maximum absolute atomic E-state index is 12.8. The number of alkyl halides is 1. The van der Waals surface area contributed by atoms with Crippen LogP contribution in [0.1, 0.15) is 19.3 Å². The van der Waals surface area contributed by atoms with Crippen molar-refractivity contribution in [2.75, 3.05) is 11.9 Å². The van der Waals surface area contributed by atoms with Crippen LogP contribution < -0.4 is 0 Å². The number of halogens is 3. The van der Waals surface area contributed by atoms with E-state index >= 15 is 0 Å². The molecule has 0 spiro atoms. The van der Waals surface area contributed by atoms with Gasteiger partial charge in [-0.2, -0.15) is 4.31 Å². The molecule has 0 aliphatic carbocycles. The molecule has 0 amide bonds. The van der Waals surface area contributed by atoms with Gasteiger partial charge in [0.05, 0.1) is 5.02 Å². The third-order valence-electron chi connectivity index (χ3n) is 3.25. The zero-order valence-electron chi connectivity index (χ0n) is 10.2.